The summed E-state index contributed by atoms with van der Waals surface area (Å²) >= 11 is 0. The molecular weight excluding hydrogens is 406 g/mol. The standard InChI is InChI=1S/C24H27N3O3Si/c1-28-21-13-19-18(12-22(21)30-15-29-9-10-31(2,3)4)11-20-23(26-27-24(19)20)17-7-5-16(14-25)6-8-17/h5-8,12-13H,9-11,15H2,1-4H3,(H,26,27). The van der Waals surface area contributed by atoms with E-state index in [0.717, 1.165) is 46.1 Å². The van der Waals surface area contributed by atoms with Crippen LogP contribution in [-0.2, 0) is 11.2 Å². The van der Waals surface area contributed by atoms with Gasteiger partial charge in [-0.2, -0.15) is 10.4 Å². The van der Waals surface area contributed by atoms with Gasteiger partial charge in [-0.1, -0.05) is 31.8 Å². The zero-order valence-corrected chi connectivity index (χ0v) is 19.4. The number of fused-ring (bicyclic) bond motifs is 3. The fourth-order valence-electron chi connectivity index (χ4n) is 3.69. The number of benzene rings is 2. The third-order valence-electron chi connectivity index (χ3n) is 5.47. The second kappa shape index (κ2) is 8.58. The van der Waals surface area contributed by atoms with Crippen LogP contribution in [-0.4, -0.2) is 38.8 Å². The Balaban J connectivity index is 1.52. The van der Waals surface area contributed by atoms with Crippen LogP contribution in [0.3, 0.4) is 0 Å². The highest BCUT2D eigenvalue weighted by Crippen LogP contribution is 2.44. The maximum absolute atomic E-state index is 9.03. The summed E-state index contributed by atoms with van der Waals surface area (Å²) in [6.07, 6.45) is 0.757. The summed E-state index contributed by atoms with van der Waals surface area (Å²) in [6, 6.07) is 14.8. The zero-order chi connectivity index (χ0) is 22.0. The predicted molar refractivity (Wildman–Crippen MR) is 123 cm³/mol. The van der Waals surface area contributed by atoms with Crippen LogP contribution in [0.15, 0.2) is 36.4 Å². The number of nitrogens with one attached hydrogen (secondary N) is 1. The molecule has 1 aliphatic carbocycles. The van der Waals surface area contributed by atoms with E-state index in [1.807, 2.05) is 36.4 Å². The maximum Gasteiger partial charge on any atom is 0.189 e. The van der Waals surface area contributed by atoms with Crippen molar-refractivity contribution in [2.75, 3.05) is 20.5 Å². The van der Waals surface area contributed by atoms with Crippen LogP contribution < -0.4 is 9.47 Å². The molecule has 3 aromatic rings. The van der Waals surface area contributed by atoms with Crippen LogP contribution in [0, 0.1) is 11.3 Å². The summed E-state index contributed by atoms with van der Waals surface area (Å²) in [5, 5.41) is 16.7. The minimum atomic E-state index is -1.12. The van der Waals surface area contributed by atoms with Gasteiger partial charge in [0, 0.05) is 37.8 Å². The zero-order valence-electron chi connectivity index (χ0n) is 18.4. The normalized spacial score (nSPS) is 12.2. The minimum Gasteiger partial charge on any atom is -0.493 e. The van der Waals surface area contributed by atoms with Gasteiger partial charge >= 0.3 is 0 Å². The van der Waals surface area contributed by atoms with Gasteiger partial charge in [0.2, 0.25) is 0 Å². The van der Waals surface area contributed by atoms with Crippen LogP contribution in [0.1, 0.15) is 16.7 Å². The molecular formula is C24H27N3O3Si. The Morgan fingerprint density at radius 3 is 2.58 bits per heavy atom. The van der Waals surface area contributed by atoms with Gasteiger partial charge < -0.3 is 14.2 Å². The summed E-state index contributed by atoms with van der Waals surface area (Å²) in [5.74, 6) is 1.36. The van der Waals surface area contributed by atoms with Crippen molar-refractivity contribution in [3.05, 3.63) is 53.1 Å². The van der Waals surface area contributed by atoms with Crippen LogP contribution in [0.25, 0.3) is 22.5 Å². The monoisotopic (exact) mass is 433 g/mol. The van der Waals surface area contributed by atoms with Crippen molar-refractivity contribution in [3.8, 4) is 40.1 Å². The van der Waals surface area contributed by atoms with Gasteiger partial charge in [-0.15, -0.1) is 0 Å². The topological polar surface area (TPSA) is 80.2 Å². The molecule has 1 aromatic heterocycles. The highest BCUT2D eigenvalue weighted by atomic mass is 28.3. The molecule has 4 rings (SSSR count). The molecule has 2 aromatic carbocycles. The molecule has 0 unspecified atom stereocenters. The van der Waals surface area contributed by atoms with Crippen molar-refractivity contribution in [1.82, 2.24) is 10.2 Å². The van der Waals surface area contributed by atoms with Gasteiger partial charge in [0.1, 0.15) is 0 Å². The molecule has 7 heteroatoms. The Kier molecular flexibility index (Phi) is 5.85. The van der Waals surface area contributed by atoms with Crippen LogP contribution >= 0.6 is 0 Å². The second-order valence-electron chi connectivity index (χ2n) is 8.93. The number of methoxy groups -OCH3 is 1. The average molecular weight is 434 g/mol. The number of ether oxygens (including phenoxy) is 3. The number of aromatic amines is 1. The molecule has 0 fully saturated rings. The van der Waals surface area contributed by atoms with E-state index in [0.29, 0.717) is 23.7 Å². The maximum atomic E-state index is 9.03. The number of hydrogen-bond acceptors (Lipinski definition) is 5. The number of aromatic nitrogens is 2. The third kappa shape index (κ3) is 4.50. The Labute approximate surface area is 183 Å². The van der Waals surface area contributed by atoms with Crippen molar-refractivity contribution in [1.29, 1.82) is 5.26 Å². The minimum absolute atomic E-state index is 0.211. The number of hydrogen-bond donors (Lipinski definition) is 1. The summed E-state index contributed by atoms with van der Waals surface area (Å²) in [4.78, 5) is 0. The number of rotatable bonds is 8. The molecule has 160 valence electrons. The van der Waals surface area contributed by atoms with Gasteiger partial charge in [0.05, 0.1) is 30.1 Å². The molecule has 0 saturated heterocycles. The Hall–Kier alpha value is -3.08. The van der Waals surface area contributed by atoms with Crippen molar-refractivity contribution < 1.29 is 14.2 Å². The lowest BCUT2D eigenvalue weighted by Crippen LogP contribution is -2.22. The van der Waals surface area contributed by atoms with Crippen molar-refractivity contribution in [2.45, 2.75) is 32.1 Å². The highest BCUT2D eigenvalue weighted by Gasteiger charge is 2.27. The lowest BCUT2D eigenvalue weighted by Gasteiger charge is -2.16. The first-order valence-electron chi connectivity index (χ1n) is 10.4. The predicted octanol–water partition coefficient (Wildman–Crippen LogP) is 5.22. The van der Waals surface area contributed by atoms with E-state index in [9.17, 15) is 0 Å². The van der Waals surface area contributed by atoms with Crippen molar-refractivity contribution >= 4 is 8.07 Å². The third-order valence-corrected chi connectivity index (χ3v) is 7.18. The van der Waals surface area contributed by atoms with Crippen LogP contribution in [0.5, 0.6) is 11.5 Å². The van der Waals surface area contributed by atoms with E-state index in [1.54, 1.807) is 7.11 Å². The van der Waals surface area contributed by atoms with Crippen LogP contribution in [0.4, 0.5) is 0 Å². The lowest BCUT2D eigenvalue weighted by molar-refractivity contribution is 0.0205. The Morgan fingerprint density at radius 2 is 1.90 bits per heavy atom. The Bertz CT molecular complexity index is 1120. The van der Waals surface area contributed by atoms with Crippen molar-refractivity contribution in [3.63, 3.8) is 0 Å². The molecule has 0 radical (unpaired) electrons. The highest BCUT2D eigenvalue weighted by molar-refractivity contribution is 6.76. The molecule has 1 heterocycles. The molecule has 31 heavy (non-hydrogen) atoms. The molecule has 0 saturated carbocycles. The van der Waals surface area contributed by atoms with Gasteiger partial charge in [-0.25, -0.2) is 0 Å². The summed E-state index contributed by atoms with van der Waals surface area (Å²) in [7, 11) is 0.528. The second-order valence-corrected chi connectivity index (χ2v) is 14.6. The molecule has 0 atom stereocenters. The molecule has 0 amide bonds. The van der Waals surface area contributed by atoms with E-state index in [1.165, 1.54) is 0 Å². The molecule has 1 aliphatic rings. The molecule has 1 N–H and O–H groups in total. The van der Waals surface area contributed by atoms with Crippen LogP contribution in [0.2, 0.25) is 25.7 Å². The van der Waals surface area contributed by atoms with E-state index >= 15 is 0 Å². The summed E-state index contributed by atoms with van der Waals surface area (Å²) in [6.45, 7) is 7.92. The lowest BCUT2D eigenvalue weighted by atomic mass is 10.0. The van der Waals surface area contributed by atoms with E-state index in [4.69, 9.17) is 19.5 Å². The van der Waals surface area contributed by atoms with Gasteiger partial charge in [0.25, 0.3) is 0 Å². The smallest absolute Gasteiger partial charge is 0.189 e. The molecule has 0 aliphatic heterocycles. The number of nitrogens with zero attached hydrogens (tertiary/aromatic N) is 2. The van der Waals surface area contributed by atoms with Gasteiger partial charge in [-0.05, 0) is 35.9 Å². The molecule has 6 nitrogen and oxygen atoms in total. The SMILES string of the molecule is COc1cc2c(cc1OCOCC[Si](C)(C)C)Cc1c(-c3ccc(C#N)cc3)n[nH]c1-2. The quantitative estimate of drug-likeness (QED) is 0.234. The molecule has 0 bridgehead atoms. The largest absolute Gasteiger partial charge is 0.493 e. The fourth-order valence-corrected chi connectivity index (χ4v) is 4.44. The summed E-state index contributed by atoms with van der Waals surface area (Å²) < 4.78 is 17.2. The molecule has 0 spiro atoms. The fraction of sp³-hybridized carbons (Fsp3) is 0.333. The van der Waals surface area contributed by atoms with Gasteiger partial charge in [0.15, 0.2) is 18.3 Å². The van der Waals surface area contributed by atoms with E-state index < -0.39 is 8.07 Å². The van der Waals surface area contributed by atoms with Gasteiger partial charge in [-0.3, -0.25) is 5.10 Å². The Morgan fingerprint density at radius 1 is 1.13 bits per heavy atom. The van der Waals surface area contributed by atoms with Crippen molar-refractivity contribution in [2.24, 2.45) is 0 Å². The first-order chi connectivity index (χ1) is 14.9. The average Bonchev–Trinajstić information content (AvgIpc) is 3.31. The van der Waals surface area contributed by atoms with E-state index in [2.05, 4.69) is 35.9 Å². The first-order valence-corrected chi connectivity index (χ1v) is 14.1. The summed E-state index contributed by atoms with van der Waals surface area (Å²) in [5.41, 5.74) is 6.92. The number of nitriles is 1. The first kappa shape index (κ1) is 21.2. The van der Waals surface area contributed by atoms with E-state index in [-0.39, 0.29) is 6.79 Å². The number of H-pyrrole nitrogens is 1.